The Kier molecular flexibility index (Phi) is 6.31. The molecule has 1 N–H and O–H groups in total. The predicted molar refractivity (Wildman–Crippen MR) is 112 cm³/mol. The largest absolute Gasteiger partial charge is 0.488 e. The van der Waals surface area contributed by atoms with Crippen molar-refractivity contribution in [2.75, 3.05) is 0 Å². The molecule has 0 atom stereocenters. The molecule has 0 spiro atoms. The summed E-state index contributed by atoms with van der Waals surface area (Å²) in [4.78, 5) is 0. The molecule has 0 aliphatic carbocycles. The molecular formula is C19H18Cl2N4OS. The molecule has 0 radical (unpaired) electrons. The lowest BCUT2D eigenvalue weighted by Gasteiger charge is -2.10. The average Bonchev–Trinajstić information content (AvgIpc) is 3.01. The minimum absolute atomic E-state index is 0.189. The second-order valence-electron chi connectivity index (χ2n) is 6.16. The Balaban J connectivity index is 1.82. The van der Waals surface area contributed by atoms with Crippen LogP contribution < -0.4 is 4.74 Å². The third-order valence-corrected chi connectivity index (χ3v) is 4.67. The molecule has 3 rings (SSSR count). The van der Waals surface area contributed by atoms with E-state index in [2.05, 4.69) is 15.3 Å². The van der Waals surface area contributed by atoms with Gasteiger partial charge in [-0.2, -0.15) is 14.9 Å². The number of H-pyrrole nitrogens is 1. The first kappa shape index (κ1) is 19.6. The molecule has 0 aliphatic heterocycles. The topological polar surface area (TPSA) is 55.2 Å². The van der Waals surface area contributed by atoms with Crippen LogP contribution in [-0.4, -0.2) is 21.1 Å². The highest BCUT2D eigenvalue weighted by Gasteiger charge is 2.09. The molecule has 3 aromatic rings. The van der Waals surface area contributed by atoms with Crippen LogP contribution in [0, 0.1) is 4.77 Å². The molecule has 8 heteroatoms. The number of halogens is 2. The quantitative estimate of drug-likeness (QED) is 0.402. The monoisotopic (exact) mass is 420 g/mol. The number of hydrogen-bond donors (Lipinski definition) is 1. The molecule has 0 saturated heterocycles. The second-order valence-corrected chi connectivity index (χ2v) is 7.39. The molecule has 0 amide bonds. The van der Waals surface area contributed by atoms with Crippen molar-refractivity contribution in [3.63, 3.8) is 0 Å². The Hall–Kier alpha value is -2.15. The van der Waals surface area contributed by atoms with Crippen molar-refractivity contribution in [1.82, 2.24) is 14.9 Å². The summed E-state index contributed by atoms with van der Waals surface area (Å²) in [6.07, 6.45) is 1.70. The number of hydrogen-bond acceptors (Lipinski definition) is 4. The molecule has 0 bridgehead atoms. The molecule has 27 heavy (non-hydrogen) atoms. The van der Waals surface area contributed by atoms with Crippen molar-refractivity contribution < 1.29 is 4.74 Å². The maximum absolute atomic E-state index is 6.21. The van der Waals surface area contributed by atoms with Crippen LogP contribution in [0.4, 0.5) is 0 Å². The summed E-state index contributed by atoms with van der Waals surface area (Å²) < 4.78 is 8.01. The number of nitrogens with one attached hydrogen (secondary N) is 1. The van der Waals surface area contributed by atoms with E-state index in [4.69, 9.17) is 40.2 Å². The zero-order valence-corrected chi connectivity index (χ0v) is 17.1. The zero-order valence-electron chi connectivity index (χ0n) is 14.8. The first-order valence-electron chi connectivity index (χ1n) is 8.33. The van der Waals surface area contributed by atoms with Gasteiger partial charge in [-0.25, -0.2) is 0 Å². The number of rotatable bonds is 6. The van der Waals surface area contributed by atoms with Crippen LogP contribution in [0.5, 0.6) is 5.75 Å². The number of benzene rings is 2. The van der Waals surface area contributed by atoms with E-state index in [0.29, 0.717) is 27.2 Å². The first-order valence-corrected chi connectivity index (χ1v) is 9.49. The van der Waals surface area contributed by atoms with Crippen LogP contribution in [0.25, 0.3) is 0 Å². The van der Waals surface area contributed by atoms with Crippen LogP contribution in [-0.2, 0) is 6.61 Å². The van der Waals surface area contributed by atoms with E-state index >= 15 is 0 Å². The fourth-order valence-corrected chi connectivity index (χ4v) is 3.07. The standard InChI is InChI=1S/C19H18Cl2N4OS/c1-12(2)18-23-24-19(27)25(18)22-10-13-5-3-4-6-17(13)26-11-14-7-8-15(20)9-16(14)21/h3-10,12H,11H2,1-2H3,(H,24,27). The van der Waals surface area contributed by atoms with Gasteiger partial charge in [-0.3, -0.25) is 5.10 Å². The third-order valence-electron chi connectivity index (χ3n) is 3.82. The van der Waals surface area contributed by atoms with Gasteiger partial charge in [0.1, 0.15) is 12.4 Å². The number of aromatic nitrogens is 3. The van der Waals surface area contributed by atoms with E-state index in [0.717, 1.165) is 17.0 Å². The molecule has 0 fully saturated rings. The van der Waals surface area contributed by atoms with E-state index in [-0.39, 0.29) is 5.92 Å². The SMILES string of the molecule is CC(C)c1n[nH]c(=S)n1N=Cc1ccccc1OCc1ccc(Cl)cc1Cl. The highest BCUT2D eigenvalue weighted by atomic mass is 35.5. The van der Waals surface area contributed by atoms with Crippen molar-refractivity contribution in [3.8, 4) is 5.75 Å². The summed E-state index contributed by atoms with van der Waals surface area (Å²) >= 11 is 17.4. The number of para-hydroxylation sites is 1. The Morgan fingerprint density at radius 2 is 2.04 bits per heavy atom. The number of aromatic amines is 1. The van der Waals surface area contributed by atoms with E-state index < -0.39 is 0 Å². The summed E-state index contributed by atoms with van der Waals surface area (Å²) in [7, 11) is 0. The van der Waals surface area contributed by atoms with Gasteiger partial charge in [0.2, 0.25) is 4.77 Å². The summed E-state index contributed by atoms with van der Waals surface area (Å²) in [5, 5.41) is 12.6. The summed E-state index contributed by atoms with van der Waals surface area (Å²) in [5.41, 5.74) is 1.67. The lowest BCUT2D eigenvalue weighted by molar-refractivity contribution is 0.306. The molecule has 1 aromatic heterocycles. The maximum atomic E-state index is 6.21. The van der Waals surface area contributed by atoms with Crippen LogP contribution >= 0.6 is 35.4 Å². The minimum Gasteiger partial charge on any atom is -0.488 e. The van der Waals surface area contributed by atoms with E-state index in [1.54, 1.807) is 23.0 Å². The maximum Gasteiger partial charge on any atom is 0.216 e. The molecule has 0 saturated carbocycles. The van der Waals surface area contributed by atoms with Crippen LogP contribution in [0.1, 0.15) is 36.7 Å². The van der Waals surface area contributed by atoms with E-state index in [9.17, 15) is 0 Å². The zero-order chi connectivity index (χ0) is 19.4. The van der Waals surface area contributed by atoms with Crippen LogP contribution in [0.3, 0.4) is 0 Å². The fourth-order valence-electron chi connectivity index (χ4n) is 2.42. The molecule has 2 aromatic carbocycles. The number of ether oxygens (including phenoxy) is 1. The molecule has 140 valence electrons. The fraction of sp³-hybridized carbons (Fsp3) is 0.211. The molecule has 5 nitrogen and oxygen atoms in total. The Morgan fingerprint density at radius 1 is 1.26 bits per heavy atom. The van der Waals surface area contributed by atoms with Crippen molar-refractivity contribution in [3.05, 3.63) is 74.2 Å². The third kappa shape index (κ3) is 4.77. The summed E-state index contributed by atoms with van der Waals surface area (Å²) in [6.45, 7) is 4.39. The average molecular weight is 421 g/mol. The lowest BCUT2D eigenvalue weighted by Crippen LogP contribution is -2.02. The summed E-state index contributed by atoms with van der Waals surface area (Å²) in [5.74, 6) is 1.64. The lowest BCUT2D eigenvalue weighted by atomic mass is 10.2. The molecule has 0 unspecified atom stereocenters. The number of nitrogens with zero attached hydrogens (tertiary/aromatic N) is 3. The highest BCUT2D eigenvalue weighted by molar-refractivity contribution is 7.71. The molecular weight excluding hydrogens is 403 g/mol. The van der Waals surface area contributed by atoms with Crippen molar-refractivity contribution in [1.29, 1.82) is 0 Å². The summed E-state index contributed by atoms with van der Waals surface area (Å²) in [6, 6.07) is 12.9. The van der Waals surface area contributed by atoms with Crippen LogP contribution in [0.15, 0.2) is 47.6 Å². The van der Waals surface area contributed by atoms with Gasteiger partial charge in [0.05, 0.1) is 6.21 Å². The van der Waals surface area contributed by atoms with Crippen LogP contribution in [0.2, 0.25) is 10.0 Å². The van der Waals surface area contributed by atoms with Crippen molar-refractivity contribution >= 4 is 41.6 Å². The highest BCUT2D eigenvalue weighted by Crippen LogP contribution is 2.24. The van der Waals surface area contributed by atoms with E-state index in [1.165, 1.54) is 0 Å². The van der Waals surface area contributed by atoms with Gasteiger partial charge in [0, 0.05) is 27.1 Å². The molecule has 1 heterocycles. The van der Waals surface area contributed by atoms with Gasteiger partial charge >= 0.3 is 0 Å². The van der Waals surface area contributed by atoms with Crippen molar-refractivity contribution in [2.45, 2.75) is 26.4 Å². The van der Waals surface area contributed by atoms with Gasteiger partial charge in [-0.05, 0) is 36.5 Å². The van der Waals surface area contributed by atoms with E-state index in [1.807, 2.05) is 44.2 Å². The predicted octanol–water partition coefficient (Wildman–Crippen LogP) is 5.83. The first-order chi connectivity index (χ1) is 13.0. The van der Waals surface area contributed by atoms with Gasteiger partial charge in [-0.1, -0.05) is 55.2 Å². The second kappa shape index (κ2) is 8.69. The smallest absolute Gasteiger partial charge is 0.216 e. The van der Waals surface area contributed by atoms with Gasteiger partial charge in [0.25, 0.3) is 0 Å². The Bertz CT molecular complexity index is 1030. The molecule has 0 aliphatic rings. The Morgan fingerprint density at radius 3 is 2.78 bits per heavy atom. The van der Waals surface area contributed by atoms with Gasteiger partial charge in [0.15, 0.2) is 5.82 Å². The van der Waals surface area contributed by atoms with Gasteiger partial charge in [-0.15, -0.1) is 0 Å². The minimum atomic E-state index is 0.189. The van der Waals surface area contributed by atoms with Gasteiger partial charge < -0.3 is 4.74 Å². The van der Waals surface area contributed by atoms with Crippen molar-refractivity contribution in [2.24, 2.45) is 5.10 Å². The normalized spacial score (nSPS) is 11.4. The Labute approximate surface area is 172 Å².